The van der Waals surface area contributed by atoms with E-state index in [9.17, 15) is 4.79 Å². The molecule has 1 aromatic rings. The minimum Gasteiger partial charge on any atom is -0.467 e. The molecule has 0 saturated carbocycles. The summed E-state index contributed by atoms with van der Waals surface area (Å²) >= 11 is 3.43. The fraction of sp³-hybridized carbons (Fsp3) is 0.417. The highest BCUT2D eigenvalue weighted by molar-refractivity contribution is 9.10. The average Bonchev–Trinajstić information content (AvgIpc) is 2.30. The van der Waals surface area contributed by atoms with Crippen LogP contribution in [0.3, 0.4) is 0 Å². The first-order valence-corrected chi connectivity index (χ1v) is 6.07. The van der Waals surface area contributed by atoms with E-state index in [1.165, 1.54) is 7.11 Å². The predicted molar refractivity (Wildman–Crippen MR) is 68.5 cm³/mol. The Kier molecular flexibility index (Phi) is 5.32. The maximum Gasteiger partial charge on any atom is 0.328 e. The number of para-hydroxylation sites is 1. The number of ether oxygens (including phenoxy) is 1. The second-order valence-corrected chi connectivity index (χ2v) is 4.34. The van der Waals surface area contributed by atoms with Gasteiger partial charge in [0.15, 0.2) is 0 Å². The summed E-state index contributed by atoms with van der Waals surface area (Å²) in [5.74, 6) is -0.224. The number of hydrogen-bond acceptors (Lipinski definition) is 3. The van der Waals surface area contributed by atoms with E-state index in [-0.39, 0.29) is 12.0 Å². The van der Waals surface area contributed by atoms with Gasteiger partial charge in [-0.2, -0.15) is 0 Å². The minimum absolute atomic E-state index is 0.224. The zero-order valence-electron chi connectivity index (χ0n) is 9.50. The third-order valence-corrected chi connectivity index (χ3v) is 2.96. The predicted octanol–water partition coefficient (Wildman–Crippen LogP) is 3.20. The molecule has 0 heterocycles. The zero-order chi connectivity index (χ0) is 12.0. The van der Waals surface area contributed by atoms with Gasteiger partial charge in [0.25, 0.3) is 0 Å². The number of methoxy groups -OCH3 is 1. The standard InChI is InChI=1S/C12H16BrNO2/c1-3-6-11(12(15)16-2)14-10-8-5-4-7-9(10)13/h4-5,7-8,11,14H,3,6H2,1-2H3. The van der Waals surface area contributed by atoms with E-state index in [1.54, 1.807) is 0 Å². The van der Waals surface area contributed by atoms with Gasteiger partial charge < -0.3 is 10.1 Å². The Morgan fingerprint density at radius 3 is 2.75 bits per heavy atom. The Bertz CT molecular complexity index is 355. The van der Waals surface area contributed by atoms with Crippen LogP contribution in [0.5, 0.6) is 0 Å². The molecule has 1 unspecified atom stereocenters. The van der Waals surface area contributed by atoms with Crippen molar-refractivity contribution in [3.8, 4) is 0 Å². The van der Waals surface area contributed by atoms with Gasteiger partial charge in [-0.3, -0.25) is 0 Å². The SMILES string of the molecule is CCCC(Nc1ccccc1Br)C(=O)OC. The van der Waals surface area contributed by atoms with Gasteiger partial charge in [0.1, 0.15) is 6.04 Å². The molecule has 0 aliphatic rings. The lowest BCUT2D eigenvalue weighted by molar-refractivity contribution is -0.141. The summed E-state index contributed by atoms with van der Waals surface area (Å²) in [6.07, 6.45) is 1.69. The number of esters is 1. The molecule has 1 rings (SSSR count). The monoisotopic (exact) mass is 285 g/mol. The van der Waals surface area contributed by atoms with Gasteiger partial charge in [0.2, 0.25) is 0 Å². The summed E-state index contributed by atoms with van der Waals surface area (Å²) < 4.78 is 5.70. The van der Waals surface area contributed by atoms with Crippen LogP contribution in [0, 0.1) is 0 Å². The van der Waals surface area contributed by atoms with Crippen molar-refractivity contribution in [3.05, 3.63) is 28.7 Å². The van der Waals surface area contributed by atoms with Crippen LogP contribution in [0.25, 0.3) is 0 Å². The van der Waals surface area contributed by atoms with E-state index in [4.69, 9.17) is 4.74 Å². The van der Waals surface area contributed by atoms with Gasteiger partial charge in [0, 0.05) is 10.2 Å². The zero-order valence-corrected chi connectivity index (χ0v) is 11.1. The van der Waals surface area contributed by atoms with Crippen LogP contribution in [-0.2, 0) is 9.53 Å². The molecule has 1 aromatic carbocycles. The normalized spacial score (nSPS) is 11.9. The summed E-state index contributed by atoms with van der Waals surface area (Å²) in [5, 5.41) is 3.18. The van der Waals surface area contributed by atoms with Crippen LogP contribution in [0.1, 0.15) is 19.8 Å². The molecular weight excluding hydrogens is 270 g/mol. The summed E-state index contributed by atoms with van der Waals surface area (Å²) in [4.78, 5) is 11.5. The quantitative estimate of drug-likeness (QED) is 0.845. The van der Waals surface area contributed by atoms with E-state index >= 15 is 0 Å². The molecule has 4 heteroatoms. The van der Waals surface area contributed by atoms with Crippen LogP contribution >= 0.6 is 15.9 Å². The average molecular weight is 286 g/mol. The molecular formula is C12H16BrNO2. The van der Waals surface area contributed by atoms with Crippen LogP contribution in [-0.4, -0.2) is 19.1 Å². The molecule has 3 nitrogen and oxygen atoms in total. The largest absolute Gasteiger partial charge is 0.467 e. The maximum absolute atomic E-state index is 11.5. The van der Waals surface area contributed by atoms with Crippen molar-refractivity contribution in [2.24, 2.45) is 0 Å². The number of halogens is 1. The number of anilines is 1. The second kappa shape index (κ2) is 6.53. The first kappa shape index (κ1) is 13.0. The number of nitrogens with one attached hydrogen (secondary N) is 1. The van der Waals surface area contributed by atoms with Crippen molar-refractivity contribution >= 4 is 27.6 Å². The lowest BCUT2D eigenvalue weighted by atomic mass is 10.1. The Labute approximate surface area is 104 Å². The molecule has 88 valence electrons. The van der Waals surface area contributed by atoms with E-state index in [1.807, 2.05) is 31.2 Å². The van der Waals surface area contributed by atoms with E-state index in [0.29, 0.717) is 0 Å². The fourth-order valence-corrected chi connectivity index (χ4v) is 1.85. The molecule has 0 saturated heterocycles. The Hall–Kier alpha value is -1.03. The molecule has 0 amide bonds. The highest BCUT2D eigenvalue weighted by Crippen LogP contribution is 2.22. The van der Waals surface area contributed by atoms with E-state index < -0.39 is 0 Å². The number of rotatable bonds is 5. The third kappa shape index (κ3) is 3.52. The van der Waals surface area contributed by atoms with Crippen LogP contribution < -0.4 is 5.32 Å². The number of hydrogen-bond donors (Lipinski definition) is 1. The molecule has 1 N–H and O–H groups in total. The van der Waals surface area contributed by atoms with Crippen molar-refractivity contribution in [1.29, 1.82) is 0 Å². The van der Waals surface area contributed by atoms with Crippen molar-refractivity contribution in [2.75, 3.05) is 12.4 Å². The van der Waals surface area contributed by atoms with Gasteiger partial charge in [-0.25, -0.2) is 4.79 Å². The molecule has 0 aliphatic heterocycles. The minimum atomic E-state index is -0.284. The van der Waals surface area contributed by atoms with Gasteiger partial charge in [-0.1, -0.05) is 25.5 Å². The molecule has 0 fully saturated rings. The van der Waals surface area contributed by atoms with Crippen LogP contribution in [0.2, 0.25) is 0 Å². The fourth-order valence-electron chi connectivity index (χ4n) is 1.45. The summed E-state index contributed by atoms with van der Waals surface area (Å²) in [5.41, 5.74) is 0.909. The van der Waals surface area contributed by atoms with Gasteiger partial charge >= 0.3 is 5.97 Å². The smallest absolute Gasteiger partial charge is 0.328 e. The highest BCUT2D eigenvalue weighted by atomic mass is 79.9. The molecule has 0 radical (unpaired) electrons. The van der Waals surface area contributed by atoms with Gasteiger partial charge in [0.05, 0.1) is 7.11 Å². The topological polar surface area (TPSA) is 38.3 Å². The second-order valence-electron chi connectivity index (χ2n) is 3.49. The number of carbonyl (C=O) groups is 1. The highest BCUT2D eigenvalue weighted by Gasteiger charge is 2.18. The molecule has 0 bridgehead atoms. The Balaban J connectivity index is 2.75. The van der Waals surface area contributed by atoms with E-state index in [2.05, 4.69) is 21.2 Å². The van der Waals surface area contributed by atoms with Crippen LogP contribution in [0.4, 0.5) is 5.69 Å². The van der Waals surface area contributed by atoms with E-state index in [0.717, 1.165) is 23.0 Å². The molecule has 0 aliphatic carbocycles. The third-order valence-electron chi connectivity index (χ3n) is 2.27. The first-order chi connectivity index (χ1) is 7.69. The first-order valence-electron chi connectivity index (χ1n) is 5.28. The summed E-state index contributed by atoms with van der Waals surface area (Å²) in [6.45, 7) is 2.04. The summed E-state index contributed by atoms with van der Waals surface area (Å²) in [7, 11) is 1.41. The molecule has 0 aromatic heterocycles. The molecule has 16 heavy (non-hydrogen) atoms. The van der Waals surface area contributed by atoms with Crippen LogP contribution in [0.15, 0.2) is 28.7 Å². The number of benzene rings is 1. The van der Waals surface area contributed by atoms with Crippen molar-refractivity contribution < 1.29 is 9.53 Å². The lowest BCUT2D eigenvalue weighted by Crippen LogP contribution is -2.30. The van der Waals surface area contributed by atoms with Crippen molar-refractivity contribution in [1.82, 2.24) is 0 Å². The molecule has 0 spiro atoms. The van der Waals surface area contributed by atoms with Crippen molar-refractivity contribution in [2.45, 2.75) is 25.8 Å². The molecule has 1 atom stereocenters. The maximum atomic E-state index is 11.5. The van der Waals surface area contributed by atoms with Gasteiger partial charge in [-0.05, 0) is 34.5 Å². The van der Waals surface area contributed by atoms with Gasteiger partial charge in [-0.15, -0.1) is 0 Å². The summed E-state index contributed by atoms with van der Waals surface area (Å²) in [6, 6.07) is 7.43. The number of carbonyl (C=O) groups excluding carboxylic acids is 1. The Morgan fingerprint density at radius 1 is 1.50 bits per heavy atom. The Morgan fingerprint density at radius 2 is 2.19 bits per heavy atom. The van der Waals surface area contributed by atoms with Crippen molar-refractivity contribution in [3.63, 3.8) is 0 Å². The lowest BCUT2D eigenvalue weighted by Gasteiger charge is -2.17.